The summed E-state index contributed by atoms with van der Waals surface area (Å²) in [6, 6.07) is 11.5. The maximum absolute atomic E-state index is 13.8. The van der Waals surface area contributed by atoms with E-state index in [0.717, 1.165) is 61.0 Å². The Kier molecular flexibility index (Phi) is 14.2. The number of piperidine rings is 2. The minimum Gasteiger partial charge on any atom is -0.465 e. The Labute approximate surface area is 330 Å². The lowest BCUT2D eigenvalue weighted by Gasteiger charge is -2.38. The number of oxazole rings is 1. The van der Waals surface area contributed by atoms with Crippen molar-refractivity contribution >= 4 is 40.8 Å². The van der Waals surface area contributed by atoms with Gasteiger partial charge in [0.1, 0.15) is 6.04 Å². The number of hydrogen-bond donors (Lipinski definition) is 1. The molecule has 3 saturated heterocycles. The first-order valence-corrected chi connectivity index (χ1v) is 19.8. The van der Waals surface area contributed by atoms with Gasteiger partial charge in [0.2, 0.25) is 0 Å². The molecule has 7 rings (SSSR count). The molecule has 1 aromatic heterocycles. The summed E-state index contributed by atoms with van der Waals surface area (Å²) < 4.78 is 17.8. The number of aryl methyl sites for hydroxylation is 2. The van der Waals surface area contributed by atoms with Gasteiger partial charge < -0.3 is 33.9 Å². The highest BCUT2D eigenvalue weighted by molar-refractivity contribution is 5.91. The first-order chi connectivity index (χ1) is 26.4. The van der Waals surface area contributed by atoms with Crippen LogP contribution in [-0.4, -0.2) is 119 Å². The van der Waals surface area contributed by atoms with E-state index in [4.69, 9.17) is 13.9 Å². The molecule has 0 bridgehead atoms. The lowest BCUT2D eigenvalue weighted by atomic mass is 9.98. The van der Waals surface area contributed by atoms with Crippen LogP contribution in [0.2, 0.25) is 0 Å². The van der Waals surface area contributed by atoms with Crippen LogP contribution in [0.25, 0.3) is 11.1 Å². The molecule has 14 heteroatoms. The zero-order chi connectivity index (χ0) is 39.2. The fourth-order valence-electron chi connectivity index (χ4n) is 8.27. The summed E-state index contributed by atoms with van der Waals surface area (Å²) >= 11 is 0. The Bertz CT molecular complexity index is 1910. The molecule has 4 aliphatic heterocycles. The number of hydrogen-bond acceptors (Lipinski definition) is 9. The van der Waals surface area contributed by atoms with Gasteiger partial charge in [0.25, 0.3) is 5.91 Å². The molecule has 3 aromatic rings. The number of carbonyl (C=O) groups excluding carboxylic acids is 4. The SMILES string of the molecule is C.CCOC(=O)[C@H]1CCCN1C.Cc1cc(C[C@@H](OC(=O)N2CCC(N3CCc4ccccc4NC3=O)CC2)C(=O)N2CCC(C)CC2)cc2oc(=O)n(C)c12. The van der Waals surface area contributed by atoms with Gasteiger partial charge in [-0.15, -0.1) is 0 Å². The predicted octanol–water partition coefficient (Wildman–Crippen LogP) is 5.58. The number of amides is 4. The van der Waals surface area contributed by atoms with Crippen molar-refractivity contribution in [3.8, 4) is 0 Å². The number of benzene rings is 2. The third-order valence-electron chi connectivity index (χ3n) is 11.6. The molecule has 0 radical (unpaired) electrons. The average Bonchev–Trinajstić information content (AvgIpc) is 3.68. The van der Waals surface area contributed by atoms with Crippen molar-refractivity contribution in [3.05, 3.63) is 63.6 Å². The molecule has 2 aromatic carbocycles. The van der Waals surface area contributed by atoms with Crippen LogP contribution < -0.4 is 11.1 Å². The van der Waals surface area contributed by atoms with Crippen molar-refractivity contribution in [3.63, 3.8) is 0 Å². The third kappa shape index (κ3) is 9.74. The minimum atomic E-state index is -1.00. The lowest BCUT2D eigenvalue weighted by molar-refractivity contribution is -0.148. The summed E-state index contributed by atoms with van der Waals surface area (Å²) in [5.41, 5.74) is 4.72. The number of para-hydroxylation sites is 1. The number of aromatic nitrogens is 1. The van der Waals surface area contributed by atoms with E-state index < -0.39 is 18.0 Å². The molecule has 0 aliphatic carbocycles. The number of rotatable bonds is 7. The number of esters is 1. The zero-order valence-corrected chi connectivity index (χ0v) is 32.9. The average molecular weight is 777 g/mol. The number of ether oxygens (including phenoxy) is 2. The molecule has 306 valence electrons. The normalized spacial score (nSPS) is 19.9. The van der Waals surface area contributed by atoms with Crippen molar-refractivity contribution in [2.75, 3.05) is 58.2 Å². The van der Waals surface area contributed by atoms with Gasteiger partial charge in [-0.3, -0.25) is 19.1 Å². The van der Waals surface area contributed by atoms with Gasteiger partial charge in [0.15, 0.2) is 11.7 Å². The van der Waals surface area contributed by atoms with Crippen LogP contribution in [0.5, 0.6) is 0 Å². The highest BCUT2D eigenvalue weighted by Gasteiger charge is 2.35. The minimum absolute atomic E-state index is 0. The number of anilines is 1. The number of nitrogens with zero attached hydrogens (tertiary/aromatic N) is 5. The molecule has 56 heavy (non-hydrogen) atoms. The van der Waals surface area contributed by atoms with Gasteiger partial charge >= 0.3 is 23.8 Å². The van der Waals surface area contributed by atoms with E-state index in [9.17, 15) is 24.0 Å². The molecular weight excluding hydrogens is 716 g/mol. The first-order valence-electron chi connectivity index (χ1n) is 19.8. The van der Waals surface area contributed by atoms with Crippen LogP contribution >= 0.6 is 0 Å². The Morgan fingerprint density at radius 1 is 0.929 bits per heavy atom. The van der Waals surface area contributed by atoms with Gasteiger partial charge in [0, 0.05) is 57.9 Å². The summed E-state index contributed by atoms with van der Waals surface area (Å²) in [5.74, 6) is -0.166. The molecular formula is C42H60N6O8. The van der Waals surface area contributed by atoms with Gasteiger partial charge in [-0.2, -0.15) is 0 Å². The van der Waals surface area contributed by atoms with Crippen LogP contribution in [0.3, 0.4) is 0 Å². The van der Waals surface area contributed by atoms with Crippen molar-refractivity contribution in [1.29, 1.82) is 0 Å². The summed E-state index contributed by atoms with van der Waals surface area (Å²) in [6.07, 6.45) is 4.57. The van der Waals surface area contributed by atoms with Gasteiger partial charge in [0.05, 0.1) is 12.1 Å². The molecule has 0 spiro atoms. The van der Waals surface area contributed by atoms with Crippen LogP contribution in [0, 0.1) is 12.8 Å². The second-order valence-corrected chi connectivity index (χ2v) is 15.4. The fraction of sp³-hybridized carbons (Fsp3) is 0.595. The number of nitrogens with one attached hydrogen (secondary N) is 1. The number of likely N-dealkylation sites (N-methyl/N-ethyl adjacent to an activating group) is 1. The van der Waals surface area contributed by atoms with Crippen LogP contribution in [-0.2, 0) is 39.0 Å². The number of carbonyl (C=O) groups is 4. The topological polar surface area (TPSA) is 147 Å². The van der Waals surface area contributed by atoms with Crippen molar-refractivity contribution in [2.24, 2.45) is 13.0 Å². The molecule has 4 aliphatic rings. The number of urea groups is 1. The zero-order valence-electron chi connectivity index (χ0n) is 32.9. The molecule has 5 heterocycles. The second-order valence-electron chi connectivity index (χ2n) is 15.4. The fourth-order valence-corrected chi connectivity index (χ4v) is 8.27. The van der Waals surface area contributed by atoms with Crippen LogP contribution in [0.4, 0.5) is 15.3 Å². The molecule has 3 fully saturated rings. The highest BCUT2D eigenvalue weighted by Crippen LogP contribution is 2.27. The maximum atomic E-state index is 13.8. The first kappa shape index (κ1) is 42.3. The van der Waals surface area contributed by atoms with E-state index in [2.05, 4.69) is 17.1 Å². The van der Waals surface area contributed by atoms with Gasteiger partial charge in [-0.05, 0) is 107 Å². The Hall–Kier alpha value is -4.85. The quantitative estimate of drug-likeness (QED) is 0.304. The Morgan fingerprint density at radius 2 is 1.62 bits per heavy atom. The summed E-state index contributed by atoms with van der Waals surface area (Å²) in [7, 11) is 3.63. The van der Waals surface area contributed by atoms with Crippen LogP contribution in [0.1, 0.15) is 76.5 Å². The number of fused-ring (bicyclic) bond motifs is 2. The van der Waals surface area contributed by atoms with E-state index in [1.54, 1.807) is 22.9 Å². The molecule has 4 amide bonds. The van der Waals surface area contributed by atoms with E-state index >= 15 is 0 Å². The smallest absolute Gasteiger partial charge is 0.419 e. The van der Waals surface area contributed by atoms with Gasteiger partial charge in [-0.1, -0.05) is 38.6 Å². The second kappa shape index (κ2) is 18.9. The molecule has 0 saturated carbocycles. The van der Waals surface area contributed by atoms with Crippen LogP contribution in [0.15, 0.2) is 45.6 Å². The largest absolute Gasteiger partial charge is 0.465 e. The number of likely N-dealkylation sites (tertiary alicyclic amines) is 3. The monoisotopic (exact) mass is 776 g/mol. The maximum Gasteiger partial charge on any atom is 0.419 e. The van der Waals surface area contributed by atoms with E-state index in [-0.39, 0.29) is 43.8 Å². The van der Waals surface area contributed by atoms with E-state index in [1.807, 2.05) is 56.1 Å². The van der Waals surface area contributed by atoms with Gasteiger partial charge in [-0.25, -0.2) is 14.4 Å². The highest BCUT2D eigenvalue weighted by atomic mass is 16.6. The summed E-state index contributed by atoms with van der Waals surface area (Å²) in [4.78, 5) is 71.0. The Balaban J connectivity index is 0.000000433. The summed E-state index contributed by atoms with van der Waals surface area (Å²) in [5, 5.41) is 3.03. The predicted molar refractivity (Wildman–Crippen MR) is 215 cm³/mol. The van der Waals surface area contributed by atoms with Crippen molar-refractivity contribution in [2.45, 2.75) is 97.8 Å². The third-order valence-corrected chi connectivity index (χ3v) is 11.6. The van der Waals surface area contributed by atoms with E-state index in [1.165, 1.54) is 4.57 Å². The molecule has 2 atom stereocenters. The lowest BCUT2D eigenvalue weighted by Crippen LogP contribution is -2.51. The van der Waals surface area contributed by atoms with E-state index in [0.29, 0.717) is 69.2 Å². The molecule has 14 nitrogen and oxygen atoms in total. The molecule has 1 N–H and O–H groups in total. The standard InChI is InChI=1S/C33H41N5O6.C8H15NO2.CH4/c1-21-8-13-36(14-9-21)30(39)28(20-23-18-22(2)29-27(19-23)43-32(41)35(29)3)44-33(42)37-15-11-25(12-16-37)38-17-10-24-6-4-5-7-26(24)34-31(38)40;1-3-11-8(10)7-5-4-6-9(7)2;/h4-7,18-19,21,25,28H,8-17,20H2,1-3H3,(H,34,40);7H,3-6H2,1-2H3;1H4/t28-;7-;/m11./s1. The van der Waals surface area contributed by atoms with Crippen molar-refractivity contribution < 1.29 is 33.1 Å². The Morgan fingerprint density at radius 3 is 2.30 bits per heavy atom. The summed E-state index contributed by atoms with van der Waals surface area (Å²) in [6.45, 7) is 10.2. The molecule has 0 unspecified atom stereocenters. The van der Waals surface area contributed by atoms with Crippen molar-refractivity contribution in [1.82, 2.24) is 24.2 Å².